The molecule has 1 N–H and O–H groups in total. The van der Waals surface area contributed by atoms with Gasteiger partial charge in [-0.15, -0.1) is 0 Å². The number of rotatable bonds is 7. The number of halogens is 2. The molecule has 0 atom stereocenters. The third kappa shape index (κ3) is 5.27. The smallest absolute Gasteiger partial charge is 0.229 e. The van der Waals surface area contributed by atoms with Gasteiger partial charge in [-0.3, -0.25) is 4.79 Å². The summed E-state index contributed by atoms with van der Waals surface area (Å²) in [5, 5.41) is 6.80. The molecular formula is C19H17ClFN3O3. The summed E-state index contributed by atoms with van der Waals surface area (Å²) in [6, 6.07) is 9.16. The molecule has 8 heteroatoms. The van der Waals surface area contributed by atoms with Crippen LogP contribution in [0.2, 0.25) is 5.22 Å². The summed E-state index contributed by atoms with van der Waals surface area (Å²) >= 11 is 5.88. The van der Waals surface area contributed by atoms with E-state index in [0.717, 1.165) is 11.1 Å². The molecule has 0 saturated heterocycles. The second-order valence-corrected chi connectivity index (χ2v) is 6.20. The van der Waals surface area contributed by atoms with E-state index in [1.807, 2.05) is 0 Å². The van der Waals surface area contributed by atoms with Crippen LogP contribution in [0.3, 0.4) is 0 Å². The van der Waals surface area contributed by atoms with Gasteiger partial charge >= 0.3 is 0 Å². The lowest BCUT2D eigenvalue weighted by atomic mass is 10.1. The van der Waals surface area contributed by atoms with Crippen molar-refractivity contribution in [1.29, 1.82) is 0 Å². The molecule has 1 aromatic carbocycles. The van der Waals surface area contributed by atoms with E-state index in [1.165, 1.54) is 24.3 Å². The molecule has 0 unspecified atom stereocenters. The Labute approximate surface area is 160 Å². The standard InChI is InChI=1S/C19H17ClFN3O3/c1-12-16(19(20)27-24-12)7-8-17(25)22-10-13-2-9-18(23-11-13)26-15-5-3-14(21)4-6-15/h2-6,9,11H,7-8,10H2,1H3,(H,22,25). The van der Waals surface area contributed by atoms with Crippen molar-refractivity contribution in [3.63, 3.8) is 0 Å². The average molecular weight is 390 g/mol. The normalized spacial score (nSPS) is 10.6. The predicted octanol–water partition coefficient (Wildman–Crippen LogP) is 4.21. The molecule has 0 radical (unpaired) electrons. The first kappa shape index (κ1) is 18.8. The van der Waals surface area contributed by atoms with Gasteiger partial charge in [0.25, 0.3) is 0 Å². The minimum atomic E-state index is -0.331. The molecular weight excluding hydrogens is 373 g/mol. The Hall–Kier alpha value is -2.93. The number of carbonyl (C=O) groups is 1. The van der Waals surface area contributed by atoms with Crippen molar-refractivity contribution in [3.8, 4) is 11.6 Å². The molecule has 2 heterocycles. The number of carbonyl (C=O) groups excluding carboxylic acids is 1. The average Bonchev–Trinajstić information content (AvgIpc) is 2.99. The van der Waals surface area contributed by atoms with Crippen molar-refractivity contribution in [1.82, 2.24) is 15.5 Å². The van der Waals surface area contributed by atoms with Crippen molar-refractivity contribution >= 4 is 17.5 Å². The molecule has 6 nitrogen and oxygen atoms in total. The topological polar surface area (TPSA) is 77.2 Å². The second-order valence-electron chi connectivity index (χ2n) is 5.86. The molecule has 0 aliphatic heterocycles. The van der Waals surface area contributed by atoms with Gasteiger partial charge in [-0.1, -0.05) is 11.2 Å². The number of benzene rings is 1. The van der Waals surface area contributed by atoms with Crippen LogP contribution in [0.4, 0.5) is 4.39 Å². The first-order chi connectivity index (χ1) is 13.0. The van der Waals surface area contributed by atoms with Crippen molar-refractivity contribution in [2.45, 2.75) is 26.3 Å². The van der Waals surface area contributed by atoms with E-state index in [-0.39, 0.29) is 23.4 Å². The van der Waals surface area contributed by atoms with Gasteiger partial charge in [-0.2, -0.15) is 0 Å². The highest BCUT2D eigenvalue weighted by atomic mass is 35.5. The van der Waals surface area contributed by atoms with Gasteiger partial charge in [0.05, 0.1) is 5.69 Å². The maximum Gasteiger partial charge on any atom is 0.229 e. The van der Waals surface area contributed by atoms with Crippen LogP contribution >= 0.6 is 11.6 Å². The number of aromatic nitrogens is 2. The Morgan fingerprint density at radius 3 is 2.67 bits per heavy atom. The molecule has 0 bridgehead atoms. The summed E-state index contributed by atoms with van der Waals surface area (Å²) < 4.78 is 23.3. The zero-order valence-corrected chi connectivity index (χ0v) is 15.3. The van der Waals surface area contributed by atoms with Crippen LogP contribution in [0.1, 0.15) is 23.2 Å². The zero-order chi connectivity index (χ0) is 19.2. The highest BCUT2D eigenvalue weighted by Crippen LogP contribution is 2.21. The van der Waals surface area contributed by atoms with E-state index in [0.29, 0.717) is 30.3 Å². The van der Waals surface area contributed by atoms with Gasteiger partial charge in [0, 0.05) is 30.8 Å². The first-order valence-corrected chi connectivity index (χ1v) is 8.65. The zero-order valence-electron chi connectivity index (χ0n) is 14.5. The fourth-order valence-corrected chi connectivity index (χ4v) is 2.63. The lowest BCUT2D eigenvalue weighted by Crippen LogP contribution is -2.23. The minimum Gasteiger partial charge on any atom is -0.439 e. The summed E-state index contributed by atoms with van der Waals surface area (Å²) in [6.45, 7) is 2.13. The van der Waals surface area contributed by atoms with Gasteiger partial charge in [-0.05, 0) is 54.8 Å². The monoisotopic (exact) mass is 389 g/mol. The van der Waals surface area contributed by atoms with Crippen LogP contribution in [0.15, 0.2) is 47.1 Å². The number of hydrogen-bond acceptors (Lipinski definition) is 5. The third-order valence-corrected chi connectivity index (χ3v) is 4.16. The molecule has 27 heavy (non-hydrogen) atoms. The molecule has 3 rings (SSSR count). The Morgan fingerprint density at radius 1 is 1.26 bits per heavy atom. The Morgan fingerprint density at radius 2 is 2.04 bits per heavy atom. The van der Waals surface area contributed by atoms with Crippen LogP contribution in [0.5, 0.6) is 11.6 Å². The maximum atomic E-state index is 12.9. The molecule has 3 aromatic rings. The van der Waals surface area contributed by atoms with Gasteiger partial charge in [0.2, 0.25) is 17.0 Å². The molecule has 0 spiro atoms. The predicted molar refractivity (Wildman–Crippen MR) is 97.1 cm³/mol. The van der Waals surface area contributed by atoms with E-state index in [4.69, 9.17) is 20.9 Å². The molecule has 0 fully saturated rings. The Balaban J connectivity index is 1.46. The summed E-state index contributed by atoms with van der Waals surface area (Å²) in [5.74, 6) is 0.433. The van der Waals surface area contributed by atoms with E-state index >= 15 is 0 Å². The van der Waals surface area contributed by atoms with E-state index in [1.54, 1.807) is 25.3 Å². The highest BCUT2D eigenvalue weighted by molar-refractivity contribution is 6.29. The quantitative estimate of drug-likeness (QED) is 0.654. The van der Waals surface area contributed by atoms with E-state index in [2.05, 4.69) is 15.5 Å². The number of ether oxygens (including phenoxy) is 1. The van der Waals surface area contributed by atoms with Crippen LogP contribution in [0.25, 0.3) is 0 Å². The number of hydrogen-bond donors (Lipinski definition) is 1. The second kappa shape index (κ2) is 8.64. The van der Waals surface area contributed by atoms with Gasteiger partial charge in [-0.25, -0.2) is 9.37 Å². The first-order valence-electron chi connectivity index (χ1n) is 8.27. The van der Waals surface area contributed by atoms with Gasteiger partial charge < -0.3 is 14.6 Å². The summed E-state index contributed by atoms with van der Waals surface area (Å²) in [7, 11) is 0. The number of nitrogens with zero attached hydrogens (tertiary/aromatic N) is 2. The number of pyridine rings is 1. The molecule has 0 saturated carbocycles. The van der Waals surface area contributed by atoms with Gasteiger partial charge in [0.1, 0.15) is 11.6 Å². The lowest BCUT2D eigenvalue weighted by Gasteiger charge is -2.07. The van der Waals surface area contributed by atoms with Crippen LogP contribution < -0.4 is 10.1 Å². The summed E-state index contributed by atoms with van der Waals surface area (Å²) in [4.78, 5) is 16.2. The van der Waals surface area contributed by atoms with Crippen LogP contribution in [0, 0.1) is 12.7 Å². The Kier molecular flexibility index (Phi) is 6.03. The fourth-order valence-electron chi connectivity index (χ4n) is 2.37. The lowest BCUT2D eigenvalue weighted by molar-refractivity contribution is -0.121. The number of aryl methyl sites for hydroxylation is 1. The van der Waals surface area contributed by atoms with Crippen LogP contribution in [-0.2, 0) is 17.8 Å². The largest absolute Gasteiger partial charge is 0.439 e. The summed E-state index contributed by atoms with van der Waals surface area (Å²) in [5.41, 5.74) is 2.26. The maximum absolute atomic E-state index is 12.9. The number of nitrogens with one attached hydrogen (secondary N) is 1. The van der Waals surface area contributed by atoms with E-state index in [9.17, 15) is 9.18 Å². The SMILES string of the molecule is Cc1noc(Cl)c1CCC(=O)NCc1ccc(Oc2ccc(F)cc2)nc1. The van der Waals surface area contributed by atoms with Crippen LogP contribution in [-0.4, -0.2) is 16.0 Å². The third-order valence-electron chi connectivity index (χ3n) is 3.86. The highest BCUT2D eigenvalue weighted by Gasteiger charge is 2.12. The Bertz CT molecular complexity index is 891. The number of amides is 1. The fraction of sp³-hybridized carbons (Fsp3) is 0.211. The van der Waals surface area contributed by atoms with Crippen molar-refractivity contribution in [2.24, 2.45) is 0 Å². The molecule has 2 aromatic heterocycles. The van der Waals surface area contributed by atoms with Crippen molar-refractivity contribution in [2.75, 3.05) is 0 Å². The van der Waals surface area contributed by atoms with Crippen molar-refractivity contribution < 1.29 is 18.4 Å². The van der Waals surface area contributed by atoms with Crippen molar-refractivity contribution in [3.05, 3.63) is 70.5 Å². The van der Waals surface area contributed by atoms with E-state index < -0.39 is 0 Å². The molecule has 1 amide bonds. The minimum absolute atomic E-state index is 0.113. The summed E-state index contributed by atoms with van der Waals surface area (Å²) in [6.07, 6.45) is 2.35. The molecule has 140 valence electrons. The molecule has 0 aliphatic rings. The molecule has 0 aliphatic carbocycles. The van der Waals surface area contributed by atoms with Gasteiger partial charge in [0.15, 0.2) is 0 Å².